The highest BCUT2D eigenvalue weighted by Gasteiger charge is 2.18. The van der Waals surface area contributed by atoms with Crippen molar-refractivity contribution in [3.8, 4) is 5.75 Å². The first-order valence-corrected chi connectivity index (χ1v) is 12.7. The van der Waals surface area contributed by atoms with E-state index >= 15 is 0 Å². The maximum Gasteiger partial charge on any atom is 0.129 e. The van der Waals surface area contributed by atoms with E-state index in [2.05, 4.69) is 20.8 Å². The highest BCUT2D eigenvalue weighted by Crippen LogP contribution is 2.34. The van der Waals surface area contributed by atoms with Gasteiger partial charge in [-0.05, 0) is 22.5 Å². The second-order valence-electron chi connectivity index (χ2n) is 7.81. The van der Waals surface area contributed by atoms with Gasteiger partial charge in [0.15, 0.2) is 0 Å². The average molecular weight is 367 g/mol. The van der Waals surface area contributed by atoms with Crippen LogP contribution in [0, 0.1) is 0 Å². The van der Waals surface area contributed by atoms with Gasteiger partial charge in [-0.15, -0.1) is 11.8 Å². The number of thioether (sulfide) groups is 1. The van der Waals surface area contributed by atoms with E-state index in [1.54, 1.807) is 6.07 Å². The summed E-state index contributed by atoms with van der Waals surface area (Å²) in [5.41, 5.74) is 0. The second kappa shape index (κ2) is 12.9. The van der Waals surface area contributed by atoms with E-state index in [0.29, 0.717) is 10.8 Å². The predicted molar refractivity (Wildman–Crippen MR) is 113 cm³/mol. The summed E-state index contributed by atoms with van der Waals surface area (Å²) in [5.74, 6) is 0.438. The molecule has 0 spiro atoms. The van der Waals surface area contributed by atoms with Crippen LogP contribution in [-0.4, -0.2) is 20.0 Å². The number of benzene rings is 1. The summed E-state index contributed by atoms with van der Waals surface area (Å²) >= 11 is 1.84. The zero-order valence-electron chi connectivity index (χ0n) is 16.2. The molecule has 0 radical (unpaired) electrons. The van der Waals surface area contributed by atoms with Crippen molar-refractivity contribution < 1.29 is 5.11 Å². The smallest absolute Gasteiger partial charge is 0.129 e. The molecule has 0 amide bonds. The van der Waals surface area contributed by atoms with E-state index < -0.39 is 0 Å². The van der Waals surface area contributed by atoms with Gasteiger partial charge in [-0.2, -0.15) is 0 Å². The molecule has 1 aromatic carbocycles. The van der Waals surface area contributed by atoms with Gasteiger partial charge in [-0.1, -0.05) is 97.1 Å². The lowest BCUT2D eigenvalue weighted by Crippen LogP contribution is -2.15. The zero-order valence-corrected chi connectivity index (χ0v) is 18.4. The van der Waals surface area contributed by atoms with Gasteiger partial charge < -0.3 is 5.11 Å². The normalized spacial score (nSPS) is 12.3. The molecule has 1 aromatic rings. The summed E-state index contributed by atoms with van der Waals surface area (Å²) in [5, 5.41) is 11.6. The Labute approximate surface area is 156 Å². The highest BCUT2D eigenvalue weighted by molar-refractivity contribution is 8.00. The van der Waals surface area contributed by atoms with Crippen molar-refractivity contribution in [2.45, 2.75) is 94.9 Å². The lowest BCUT2D eigenvalue weighted by Gasteiger charge is -2.24. The molecule has 0 aromatic heterocycles. The van der Waals surface area contributed by atoms with Crippen LogP contribution in [0.25, 0.3) is 0 Å². The van der Waals surface area contributed by atoms with E-state index in [-0.39, 0.29) is 9.52 Å². The molecule has 0 aliphatic heterocycles. The molecule has 3 heteroatoms. The zero-order chi connectivity index (χ0) is 17.7. The van der Waals surface area contributed by atoms with Crippen LogP contribution in [0.4, 0.5) is 0 Å². The van der Waals surface area contributed by atoms with Crippen LogP contribution >= 0.6 is 11.8 Å². The van der Waals surface area contributed by atoms with Crippen molar-refractivity contribution in [2.24, 2.45) is 0 Å². The van der Waals surface area contributed by atoms with Crippen molar-refractivity contribution in [2.75, 3.05) is 5.38 Å². The maximum atomic E-state index is 9.83. The largest absolute Gasteiger partial charge is 0.507 e. The first-order chi connectivity index (χ1) is 11.5. The molecule has 0 aliphatic rings. The third kappa shape index (κ3) is 10.5. The Morgan fingerprint density at radius 3 is 2.12 bits per heavy atom. The molecule has 0 fully saturated rings. The quantitative estimate of drug-likeness (QED) is 0.224. The molecule has 24 heavy (non-hydrogen) atoms. The summed E-state index contributed by atoms with van der Waals surface area (Å²) in [4.78, 5) is 1.05. The van der Waals surface area contributed by atoms with Crippen LogP contribution < -0.4 is 0 Å². The molecule has 1 N–H and O–H groups in total. The first kappa shape index (κ1) is 21.6. The summed E-state index contributed by atoms with van der Waals surface area (Å²) in [6.45, 7) is 7.19. The van der Waals surface area contributed by atoms with E-state index in [9.17, 15) is 5.11 Å². The first-order valence-electron chi connectivity index (χ1n) is 9.96. The van der Waals surface area contributed by atoms with Gasteiger partial charge in [0.1, 0.15) is 5.75 Å². The number of rotatable bonds is 14. The van der Waals surface area contributed by atoms with E-state index in [0.717, 1.165) is 4.90 Å². The minimum absolute atomic E-state index is 0.122. The van der Waals surface area contributed by atoms with E-state index in [1.165, 1.54) is 69.6 Å². The Morgan fingerprint density at radius 1 is 0.917 bits per heavy atom. The molecule has 1 rings (SSSR count). The number of aromatic hydroxyl groups is 1. The molecule has 0 heterocycles. The van der Waals surface area contributed by atoms with Gasteiger partial charge in [0.05, 0.1) is 0 Å². The molecule has 0 bridgehead atoms. The number of phenolic OH excluding ortho intramolecular Hbond substituents is 1. The van der Waals surface area contributed by atoms with Gasteiger partial charge in [0, 0.05) is 14.4 Å². The molecule has 0 saturated carbocycles. The van der Waals surface area contributed by atoms with Crippen molar-refractivity contribution in [1.82, 2.24) is 0 Å². The molecule has 0 atom stereocenters. The van der Waals surface area contributed by atoms with Crippen molar-refractivity contribution in [1.29, 1.82) is 0 Å². The lowest BCUT2D eigenvalue weighted by molar-refractivity contribution is 0.462. The van der Waals surface area contributed by atoms with Gasteiger partial charge >= 0.3 is 0 Å². The third-order valence-electron chi connectivity index (χ3n) is 4.86. The minimum Gasteiger partial charge on any atom is -0.507 e. The number of phenols is 1. The molecular formula is C21H38OSSi. The SMILES string of the molecule is CCCCCCCCCCCC(C)(C)[SiH2]CSc1ccccc1O. The van der Waals surface area contributed by atoms with Gasteiger partial charge in [-0.25, -0.2) is 0 Å². The Balaban J connectivity index is 2.04. The van der Waals surface area contributed by atoms with Gasteiger partial charge in [0.25, 0.3) is 0 Å². The summed E-state index contributed by atoms with van der Waals surface area (Å²) in [6.07, 6.45) is 14.1. The Kier molecular flexibility index (Phi) is 11.6. The molecular weight excluding hydrogens is 328 g/mol. The number of unbranched alkanes of at least 4 members (excludes halogenated alkanes) is 8. The third-order valence-corrected chi connectivity index (χ3v) is 8.86. The topological polar surface area (TPSA) is 20.2 Å². The monoisotopic (exact) mass is 366 g/mol. The van der Waals surface area contributed by atoms with Crippen molar-refractivity contribution in [3.05, 3.63) is 24.3 Å². The summed E-state index contributed by atoms with van der Waals surface area (Å²) in [7, 11) is -0.122. The summed E-state index contributed by atoms with van der Waals surface area (Å²) in [6, 6.07) is 7.72. The van der Waals surface area contributed by atoms with Crippen LogP contribution in [0.5, 0.6) is 5.75 Å². The van der Waals surface area contributed by atoms with Crippen LogP contribution in [0.1, 0.15) is 85.0 Å². The predicted octanol–water partition coefficient (Wildman–Crippen LogP) is 6.73. The van der Waals surface area contributed by atoms with Crippen LogP contribution in [0.2, 0.25) is 5.04 Å². The lowest BCUT2D eigenvalue weighted by atomic mass is 10.0. The fourth-order valence-electron chi connectivity index (χ4n) is 3.06. The second-order valence-corrected chi connectivity index (χ2v) is 12.6. The minimum atomic E-state index is -0.122. The van der Waals surface area contributed by atoms with Gasteiger partial charge in [0.2, 0.25) is 0 Å². The van der Waals surface area contributed by atoms with Crippen LogP contribution in [0.15, 0.2) is 29.2 Å². The Bertz CT molecular complexity index is 434. The molecule has 0 saturated heterocycles. The van der Waals surface area contributed by atoms with E-state index in [4.69, 9.17) is 0 Å². The fraction of sp³-hybridized carbons (Fsp3) is 0.714. The molecule has 138 valence electrons. The van der Waals surface area contributed by atoms with Crippen LogP contribution in [-0.2, 0) is 0 Å². The number of hydrogen-bond donors (Lipinski definition) is 1. The fourth-order valence-corrected chi connectivity index (χ4v) is 7.44. The molecule has 0 unspecified atom stereocenters. The van der Waals surface area contributed by atoms with Crippen molar-refractivity contribution in [3.63, 3.8) is 0 Å². The van der Waals surface area contributed by atoms with E-state index in [1.807, 2.05) is 30.0 Å². The standard InChI is InChI=1S/C21H38OSSi/c1-4-5-6-7-8-9-10-11-14-17-21(2,3)24-18-23-20-16-13-12-15-19(20)22/h12-13,15-16,22H,4-11,14,17-18,24H2,1-3H3. The average Bonchev–Trinajstić information content (AvgIpc) is 2.55. The summed E-state index contributed by atoms with van der Waals surface area (Å²) < 4.78 is 0. The number of hydrogen-bond acceptors (Lipinski definition) is 2. The van der Waals surface area contributed by atoms with Crippen LogP contribution in [0.3, 0.4) is 0 Å². The van der Waals surface area contributed by atoms with Crippen molar-refractivity contribution >= 4 is 21.3 Å². The molecule has 1 nitrogen and oxygen atoms in total. The molecule has 0 aliphatic carbocycles. The Hall–Kier alpha value is -0.413. The Morgan fingerprint density at radius 2 is 1.50 bits per heavy atom. The van der Waals surface area contributed by atoms with Gasteiger partial charge in [-0.3, -0.25) is 0 Å². The number of para-hydroxylation sites is 1. The highest BCUT2D eigenvalue weighted by atomic mass is 32.2. The maximum absolute atomic E-state index is 9.83.